The zero-order valence-corrected chi connectivity index (χ0v) is 8.78. The molecule has 0 bridgehead atoms. The van der Waals surface area contributed by atoms with Crippen LogP contribution in [0.25, 0.3) is 0 Å². The monoisotopic (exact) mass is 204 g/mol. The molecule has 1 aromatic rings. The minimum atomic E-state index is 0.133. The van der Waals surface area contributed by atoms with Gasteiger partial charge in [-0.2, -0.15) is 0 Å². The number of hydrogen-bond donors (Lipinski definition) is 1. The molecule has 0 unspecified atom stereocenters. The topological polar surface area (TPSA) is 42.0 Å². The van der Waals surface area contributed by atoms with E-state index in [1.807, 2.05) is 12.1 Å². The molecule has 1 N–H and O–H groups in total. The highest BCUT2D eigenvalue weighted by atomic mass is 16.1. The van der Waals surface area contributed by atoms with E-state index in [1.165, 1.54) is 25.7 Å². The maximum Gasteiger partial charge on any atom is 0.224 e. The van der Waals surface area contributed by atoms with Crippen molar-refractivity contribution >= 4 is 11.6 Å². The molecule has 0 aliphatic heterocycles. The van der Waals surface area contributed by atoms with Gasteiger partial charge in [-0.05, 0) is 30.9 Å². The van der Waals surface area contributed by atoms with E-state index in [-0.39, 0.29) is 5.91 Å². The highest BCUT2D eigenvalue weighted by molar-refractivity contribution is 5.90. The van der Waals surface area contributed by atoms with Crippen molar-refractivity contribution in [3.8, 4) is 0 Å². The van der Waals surface area contributed by atoms with Gasteiger partial charge >= 0.3 is 0 Å². The van der Waals surface area contributed by atoms with Gasteiger partial charge in [0, 0.05) is 24.5 Å². The van der Waals surface area contributed by atoms with Gasteiger partial charge in [0.15, 0.2) is 0 Å². The van der Waals surface area contributed by atoms with Crippen molar-refractivity contribution < 1.29 is 4.79 Å². The number of hydrogen-bond acceptors (Lipinski definition) is 2. The molecule has 3 nitrogen and oxygen atoms in total. The van der Waals surface area contributed by atoms with Crippen LogP contribution in [0, 0.1) is 5.92 Å². The Balaban J connectivity index is 1.82. The van der Waals surface area contributed by atoms with E-state index in [1.54, 1.807) is 12.4 Å². The smallest absolute Gasteiger partial charge is 0.224 e. The predicted octanol–water partition coefficient (Wildman–Crippen LogP) is 2.60. The normalized spacial score (nSPS) is 16.5. The van der Waals surface area contributed by atoms with Gasteiger partial charge in [0.1, 0.15) is 0 Å². The minimum Gasteiger partial charge on any atom is -0.326 e. The molecule has 0 atom stereocenters. The molecule has 1 aromatic heterocycles. The van der Waals surface area contributed by atoms with E-state index in [0.717, 1.165) is 5.69 Å². The summed E-state index contributed by atoms with van der Waals surface area (Å²) in [6.45, 7) is 0. The molecule has 1 saturated carbocycles. The van der Waals surface area contributed by atoms with E-state index in [0.29, 0.717) is 12.3 Å². The Labute approximate surface area is 89.9 Å². The van der Waals surface area contributed by atoms with Gasteiger partial charge in [-0.15, -0.1) is 0 Å². The lowest BCUT2D eigenvalue weighted by Crippen LogP contribution is -2.14. The zero-order valence-electron chi connectivity index (χ0n) is 8.78. The molecule has 1 aliphatic rings. The van der Waals surface area contributed by atoms with Crippen LogP contribution >= 0.6 is 0 Å². The fourth-order valence-electron chi connectivity index (χ4n) is 2.12. The van der Waals surface area contributed by atoms with E-state index >= 15 is 0 Å². The average Bonchev–Trinajstić information content (AvgIpc) is 2.71. The van der Waals surface area contributed by atoms with Crippen LogP contribution in [0.3, 0.4) is 0 Å². The van der Waals surface area contributed by atoms with Gasteiger partial charge in [0.25, 0.3) is 0 Å². The van der Waals surface area contributed by atoms with Gasteiger partial charge in [-0.1, -0.05) is 12.8 Å². The van der Waals surface area contributed by atoms with Crippen molar-refractivity contribution in [1.82, 2.24) is 4.98 Å². The highest BCUT2D eigenvalue weighted by Gasteiger charge is 2.18. The molecule has 0 spiro atoms. The number of nitrogens with zero attached hydrogens (tertiary/aromatic N) is 1. The van der Waals surface area contributed by atoms with Crippen molar-refractivity contribution in [3.05, 3.63) is 24.5 Å². The van der Waals surface area contributed by atoms with E-state index in [4.69, 9.17) is 0 Å². The summed E-state index contributed by atoms with van der Waals surface area (Å²) in [5.41, 5.74) is 0.841. The van der Waals surface area contributed by atoms with Crippen molar-refractivity contribution in [2.75, 3.05) is 5.32 Å². The molecule has 1 aliphatic carbocycles. The van der Waals surface area contributed by atoms with Crippen molar-refractivity contribution in [2.24, 2.45) is 5.92 Å². The number of rotatable bonds is 3. The van der Waals surface area contributed by atoms with Crippen LogP contribution in [0.1, 0.15) is 32.1 Å². The molecule has 3 heteroatoms. The Morgan fingerprint density at radius 3 is 2.67 bits per heavy atom. The lowest BCUT2D eigenvalue weighted by atomic mass is 10.0. The molecular weight excluding hydrogens is 188 g/mol. The van der Waals surface area contributed by atoms with Crippen LogP contribution in [-0.4, -0.2) is 10.9 Å². The van der Waals surface area contributed by atoms with Gasteiger partial charge < -0.3 is 5.32 Å². The maximum atomic E-state index is 11.6. The first-order chi connectivity index (χ1) is 7.34. The number of pyridine rings is 1. The largest absolute Gasteiger partial charge is 0.326 e. The lowest BCUT2D eigenvalue weighted by molar-refractivity contribution is -0.117. The Hall–Kier alpha value is -1.38. The van der Waals surface area contributed by atoms with Crippen molar-refractivity contribution in [1.29, 1.82) is 0 Å². The zero-order chi connectivity index (χ0) is 10.5. The first kappa shape index (κ1) is 10.1. The Bertz CT molecular complexity index is 318. The fourth-order valence-corrected chi connectivity index (χ4v) is 2.12. The Kier molecular flexibility index (Phi) is 3.33. The maximum absolute atomic E-state index is 11.6. The summed E-state index contributed by atoms with van der Waals surface area (Å²) >= 11 is 0. The summed E-state index contributed by atoms with van der Waals surface area (Å²) in [7, 11) is 0. The molecule has 80 valence electrons. The summed E-state index contributed by atoms with van der Waals surface area (Å²) in [6.07, 6.45) is 9.03. The first-order valence-electron chi connectivity index (χ1n) is 5.54. The second-order valence-electron chi connectivity index (χ2n) is 4.14. The van der Waals surface area contributed by atoms with Crippen LogP contribution < -0.4 is 5.32 Å². The van der Waals surface area contributed by atoms with Crippen molar-refractivity contribution in [3.63, 3.8) is 0 Å². The lowest BCUT2D eigenvalue weighted by Gasteiger charge is -2.09. The van der Waals surface area contributed by atoms with E-state index < -0.39 is 0 Å². The molecule has 0 aromatic carbocycles. The van der Waals surface area contributed by atoms with E-state index in [9.17, 15) is 4.79 Å². The third-order valence-electron chi connectivity index (χ3n) is 2.91. The Morgan fingerprint density at radius 2 is 2.00 bits per heavy atom. The summed E-state index contributed by atoms with van der Waals surface area (Å²) in [5.74, 6) is 0.736. The van der Waals surface area contributed by atoms with Gasteiger partial charge in [0.05, 0.1) is 0 Å². The molecule has 0 saturated heterocycles. The van der Waals surface area contributed by atoms with Crippen LogP contribution in [0.4, 0.5) is 5.69 Å². The second kappa shape index (κ2) is 4.91. The number of nitrogens with one attached hydrogen (secondary N) is 1. The van der Waals surface area contributed by atoms with Gasteiger partial charge in [-0.25, -0.2) is 0 Å². The fraction of sp³-hybridized carbons (Fsp3) is 0.500. The molecule has 1 heterocycles. The van der Waals surface area contributed by atoms with Crippen LogP contribution in [0.15, 0.2) is 24.5 Å². The number of amides is 1. The third-order valence-corrected chi connectivity index (χ3v) is 2.91. The molecule has 15 heavy (non-hydrogen) atoms. The summed E-state index contributed by atoms with van der Waals surface area (Å²) < 4.78 is 0. The number of carbonyl (C=O) groups excluding carboxylic acids is 1. The van der Waals surface area contributed by atoms with Crippen LogP contribution in [0.2, 0.25) is 0 Å². The molecular formula is C12H16N2O. The quantitative estimate of drug-likeness (QED) is 0.822. The first-order valence-corrected chi connectivity index (χ1v) is 5.54. The van der Waals surface area contributed by atoms with Crippen LogP contribution in [0.5, 0.6) is 0 Å². The number of aromatic nitrogens is 1. The van der Waals surface area contributed by atoms with Crippen molar-refractivity contribution in [2.45, 2.75) is 32.1 Å². The number of anilines is 1. The summed E-state index contributed by atoms with van der Waals surface area (Å²) in [6, 6.07) is 3.62. The van der Waals surface area contributed by atoms with Gasteiger partial charge in [-0.3, -0.25) is 9.78 Å². The SMILES string of the molecule is O=C(CC1CCCC1)Nc1ccncc1. The Morgan fingerprint density at radius 1 is 1.33 bits per heavy atom. The number of carbonyl (C=O) groups is 1. The molecule has 2 rings (SSSR count). The average molecular weight is 204 g/mol. The van der Waals surface area contributed by atoms with Crippen LogP contribution in [-0.2, 0) is 4.79 Å². The molecule has 0 radical (unpaired) electrons. The predicted molar refractivity (Wildman–Crippen MR) is 59.4 cm³/mol. The standard InChI is InChI=1S/C12H16N2O/c15-12(9-10-3-1-2-4-10)14-11-5-7-13-8-6-11/h5-8,10H,1-4,9H2,(H,13,14,15). The van der Waals surface area contributed by atoms with Gasteiger partial charge in [0.2, 0.25) is 5.91 Å². The minimum absolute atomic E-state index is 0.133. The summed E-state index contributed by atoms with van der Waals surface area (Å²) in [4.78, 5) is 15.5. The second-order valence-corrected chi connectivity index (χ2v) is 4.14. The summed E-state index contributed by atoms with van der Waals surface area (Å²) in [5, 5.41) is 2.89. The molecule has 1 amide bonds. The third kappa shape index (κ3) is 3.05. The molecule has 1 fully saturated rings. The highest BCUT2D eigenvalue weighted by Crippen LogP contribution is 2.27. The van der Waals surface area contributed by atoms with E-state index in [2.05, 4.69) is 10.3 Å².